The van der Waals surface area contributed by atoms with E-state index in [2.05, 4.69) is 16.5 Å². The second-order valence-electron chi connectivity index (χ2n) is 1.83. The molecule has 0 aliphatic rings. The molecule has 1 unspecified atom stereocenters. The highest BCUT2D eigenvalue weighted by atomic mass is 35.5. The Morgan fingerprint density at radius 1 is 1.78 bits per heavy atom. The molecule has 0 N–H and O–H groups in total. The summed E-state index contributed by atoms with van der Waals surface area (Å²) in [7, 11) is 0. The van der Waals surface area contributed by atoms with Gasteiger partial charge in [0.05, 0.1) is 5.69 Å². The molecule has 1 atom stereocenters. The lowest BCUT2D eigenvalue weighted by molar-refractivity contribution is 0.885. The van der Waals surface area contributed by atoms with E-state index in [1.165, 1.54) is 11.5 Å². The fourth-order valence-electron chi connectivity index (χ4n) is 0.479. The third kappa shape index (κ3) is 1.40. The molecule has 4 heteroatoms. The van der Waals surface area contributed by atoms with Crippen LogP contribution in [0.5, 0.6) is 0 Å². The predicted octanol–water partition coefficient (Wildman–Crippen LogP) is 2.13. The first-order chi connectivity index (χ1) is 4.22. The third-order valence-corrected chi connectivity index (χ3v) is 1.87. The van der Waals surface area contributed by atoms with E-state index in [1.54, 1.807) is 0 Å². The highest BCUT2D eigenvalue weighted by Crippen LogP contribution is 2.23. The molecule has 1 rings (SSSR count). The molecule has 1 radical (unpaired) electrons. The van der Waals surface area contributed by atoms with Crippen LogP contribution in [0.2, 0.25) is 4.34 Å². The van der Waals surface area contributed by atoms with E-state index in [1.807, 2.05) is 6.92 Å². The summed E-state index contributed by atoms with van der Waals surface area (Å²) >= 11 is 6.89. The van der Waals surface area contributed by atoms with Crippen molar-refractivity contribution < 1.29 is 0 Å². The molecule has 0 fully saturated rings. The van der Waals surface area contributed by atoms with Gasteiger partial charge in [0.2, 0.25) is 0 Å². The van der Waals surface area contributed by atoms with Gasteiger partial charge in [0.25, 0.3) is 0 Å². The van der Waals surface area contributed by atoms with E-state index in [4.69, 9.17) is 11.6 Å². The Bertz CT molecular complexity index is 197. The molecule has 1 aromatic rings. The van der Waals surface area contributed by atoms with Crippen molar-refractivity contribution in [1.29, 1.82) is 0 Å². The SMILES string of the molecule is [CH2]C(C)c1nnsc1Cl. The first-order valence-corrected chi connectivity index (χ1v) is 3.67. The zero-order valence-corrected chi connectivity index (χ0v) is 6.54. The summed E-state index contributed by atoms with van der Waals surface area (Å²) < 4.78 is 4.31. The molecule has 0 spiro atoms. The van der Waals surface area contributed by atoms with Crippen LogP contribution in [-0.4, -0.2) is 9.59 Å². The van der Waals surface area contributed by atoms with Gasteiger partial charge in [-0.25, -0.2) is 0 Å². The summed E-state index contributed by atoms with van der Waals surface area (Å²) in [5, 5.41) is 3.79. The maximum absolute atomic E-state index is 5.69. The van der Waals surface area contributed by atoms with Gasteiger partial charge in [-0.1, -0.05) is 23.0 Å². The molecule has 1 aromatic heterocycles. The van der Waals surface area contributed by atoms with Crippen LogP contribution in [0.1, 0.15) is 18.5 Å². The van der Waals surface area contributed by atoms with E-state index < -0.39 is 0 Å². The van der Waals surface area contributed by atoms with Crippen LogP contribution in [0.15, 0.2) is 0 Å². The summed E-state index contributed by atoms with van der Waals surface area (Å²) in [6.45, 7) is 5.69. The standard InChI is InChI=1S/C5H6ClN2S/c1-3(2)4-5(6)9-8-7-4/h3H,1H2,2H3. The lowest BCUT2D eigenvalue weighted by Crippen LogP contribution is -1.87. The van der Waals surface area contributed by atoms with Crippen molar-refractivity contribution in [3.63, 3.8) is 0 Å². The minimum Gasteiger partial charge on any atom is -0.141 e. The van der Waals surface area contributed by atoms with E-state index in [0.717, 1.165) is 5.69 Å². The van der Waals surface area contributed by atoms with Crippen LogP contribution in [0.4, 0.5) is 0 Å². The van der Waals surface area contributed by atoms with E-state index in [-0.39, 0.29) is 5.92 Å². The van der Waals surface area contributed by atoms with Gasteiger partial charge in [0.15, 0.2) is 0 Å². The zero-order chi connectivity index (χ0) is 6.85. The van der Waals surface area contributed by atoms with Gasteiger partial charge in [-0.15, -0.1) is 5.10 Å². The Balaban J connectivity index is 2.94. The molecule has 0 aromatic carbocycles. The second kappa shape index (κ2) is 2.62. The minimum atomic E-state index is 0.135. The van der Waals surface area contributed by atoms with Crippen molar-refractivity contribution in [2.24, 2.45) is 0 Å². The number of halogens is 1. The maximum Gasteiger partial charge on any atom is 0.137 e. The van der Waals surface area contributed by atoms with E-state index in [9.17, 15) is 0 Å². The Hall–Kier alpha value is -0.150. The fourth-order valence-corrected chi connectivity index (χ4v) is 1.33. The molecule has 49 valence electrons. The van der Waals surface area contributed by atoms with Crippen molar-refractivity contribution in [3.05, 3.63) is 17.0 Å². The van der Waals surface area contributed by atoms with Crippen LogP contribution in [0.3, 0.4) is 0 Å². The van der Waals surface area contributed by atoms with Crippen molar-refractivity contribution >= 4 is 23.1 Å². The normalized spacial score (nSPS) is 10.7. The van der Waals surface area contributed by atoms with Crippen LogP contribution < -0.4 is 0 Å². The number of hydrogen-bond donors (Lipinski definition) is 0. The van der Waals surface area contributed by atoms with E-state index >= 15 is 0 Å². The van der Waals surface area contributed by atoms with Gasteiger partial charge in [-0.2, -0.15) is 0 Å². The minimum absolute atomic E-state index is 0.135. The summed E-state index contributed by atoms with van der Waals surface area (Å²) in [5.74, 6) is 0.135. The summed E-state index contributed by atoms with van der Waals surface area (Å²) in [6, 6.07) is 0. The number of aromatic nitrogens is 2. The molecule has 1 heterocycles. The van der Waals surface area contributed by atoms with E-state index in [0.29, 0.717) is 4.34 Å². The number of hydrogen-bond acceptors (Lipinski definition) is 3. The van der Waals surface area contributed by atoms with Gasteiger partial charge in [-0.05, 0) is 6.92 Å². The summed E-state index contributed by atoms with van der Waals surface area (Å²) in [4.78, 5) is 0. The van der Waals surface area contributed by atoms with Gasteiger partial charge >= 0.3 is 0 Å². The quantitative estimate of drug-likeness (QED) is 0.631. The van der Waals surface area contributed by atoms with Crippen molar-refractivity contribution in [2.75, 3.05) is 0 Å². The summed E-state index contributed by atoms with van der Waals surface area (Å²) in [6.07, 6.45) is 0. The molecule has 0 aliphatic carbocycles. The van der Waals surface area contributed by atoms with Crippen LogP contribution >= 0.6 is 23.1 Å². The van der Waals surface area contributed by atoms with Crippen LogP contribution in [-0.2, 0) is 0 Å². The molecular weight excluding hydrogens is 156 g/mol. The Morgan fingerprint density at radius 2 is 2.44 bits per heavy atom. The molecule has 0 saturated heterocycles. The molecule has 0 saturated carbocycles. The molecular formula is C5H6ClN2S. The largest absolute Gasteiger partial charge is 0.141 e. The predicted molar refractivity (Wildman–Crippen MR) is 38.7 cm³/mol. The first kappa shape index (κ1) is 6.96. The number of rotatable bonds is 1. The highest BCUT2D eigenvalue weighted by molar-refractivity contribution is 7.10. The third-order valence-electron chi connectivity index (χ3n) is 0.938. The number of nitrogens with zero attached hydrogens (tertiary/aromatic N) is 2. The van der Waals surface area contributed by atoms with Crippen molar-refractivity contribution in [3.8, 4) is 0 Å². The smallest absolute Gasteiger partial charge is 0.137 e. The maximum atomic E-state index is 5.69. The summed E-state index contributed by atoms with van der Waals surface area (Å²) in [5.41, 5.74) is 0.793. The van der Waals surface area contributed by atoms with Gasteiger partial charge < -0.3 is 0 Å². The zero-order valence-electron chi connectivity index (χ0n) is 4.97. The molecule has 0 bridgehead atoms. The first-order valence-electron chi connectivity index (χ1n) is 2.52. The van der Waals surface area contributed by atoms with Crippen molar-refractivity contribution in [2.45, 2.75) is 12.8 Å². The van der Waals surface area contributed by atoms with Gasteiger partial charge in [0.1, 0.15) is 4.34 Å². The molecule has 9 heavy (non-hydrogen) atoms. The fraction of sp³-hybridized carbons (Fsp3) is 0.400. The van der Waals surface area contributed by atoms with Crippen LogP contribution in [0, 0.1) is 6.92 Å². The lowest BCUT2D eigenvalue weighted by atomic mass is 10.2. The Kier molecular flexibility index (Phi) is 2.03. The Morgan fingerprint density at radius 3 is 2.67 bits per heavy atom. The topological polar surface area (TPSA) is 25.8 Å². The van der Waals surface area contributed by atoms with Crippen LogP contribution in [0.25, 0.3) is 0 Å². The molecule has 0 aliphatic heterocycles. The Labute approximate surface area is 63.0 Å². The second-order valence-corrected chi connectivity index (χ2v) is 3.19. The van der Waals surface area contributed by atoms with Gasteiger partial charge in [0, 0.05) is 17.5 Å². The molecule has 0 amide bonds. The lowest BCUT2D eigenvalue weighted by Gasteiger charge is -1.95. The highest BCUT2D eigenvalue weighted by Gasteiger charge is 2.07. The van der Waals surface area contributed by atoms with Gasteiger partial charge in [-0.3, -0.25) is 0 Å². The molecule has 2 nitrogen and oxygen atoms in total. The average molecular weight is 162 g/mol. The van der Waals surface area contributed by atoms with Crippen molar-refractivity contribution in [1.82, 2.24) is 9.59 Å². The monoisotopic (exact) mass is 161 g/mol. The average Bonchev–Trinajstić information content (AvgIpc) is 2.13.